The average Bonchev–Trinajstić information content (AvgIpc) is 3.38. The van der Waals surface area contributed by atoms with Crippen molar-refractivity contribution in [1.29, 1.82) is 0 Å². The van der Waals surface area contributed by atoms with Gasteiger partial charge in [0.2, 0.25) is 0 Å². The Balaban J connectivity index is 0.00000120. The molecule has 0 N–H and O–H groups in total. The van der Waals surface area contributed by atoms with E-state index in [1.807, 2.05) is 8.85 Å². The first kappa shape index (κ1) is 24.9. The number of hydrogen-bond acceptors (Lipinski definition) is 0. The summed E-state index contributed by atoms with van der Waals surface area (Å²) in [5.41, 5.74) is 8.69. The summed E-state index contributed by atoms with van der Waals surface area (Å²) in [6.07, 6.45) is 15.6. The van der Waals surface area contributed by atoms with Crippen LogP contribution in [0.2, 0.25) is 0 Å². The summed E-state index contributed by atoms with van der Waals surface area (Å²) in [4.78, 5) is 0. The second-order valence-corrected chi connectivity index (χ2v) is 19.1. The Hall–Kier alpha value is -0.747. The number of benzene rings is 2. The fourth-order valence-electron chi connectivity index (χ4n) is 8.93. The second-order valence-electron chi connectivity index (χ2n) is 11.7. The van der Waals surface area contributed by atoms with Crippen LogP contribution in [0.3, 0.4) is 0 Å². The molecule has 0 aliphatic heterocycles. The van der Waals surface area contributed by atoms with E-state index < -0.39 is 21.3 Å². The Bertz CT molecular complexity index is 1130. The quantitative estimate of drug-likeness (QED) is 0.532. The average molecular weight is 569 g/mol. The van der Waals surface area contributed by atoms with Crippen LogP contribution in [0.15, 0.2) is 69.5 Å². The zero-order chi connectivity index (χ0) is 21.4. The van der Waals surface area contributed by atoms with Crippen molar-refractivity contribution in [3.8, 4) is 11.1 Å². The van der Waals surface area contributed by atoms with Crippen LogP contribution in [0.4, 0.5) is 0 Å². The van der Waals surface area contributed by atoms with E-state index >= 15 is 0 Å². The Morgan fingerprint density at radius 1 is 0.765 bits per heavy atom. The molecule has 2 aromatic carbocycles. The maximum Gasteiger partial charge on any atom is -1.00 e. The largest absolute Gasteiger partial charge is 1.00 e. The van der Waals surface area contributed by atoms with E-state index in [-0.39, 0.29) is 24.8 Å². The minimum atomic E-state index is -2.11. The standard InChI is InChI=1S/C15H19.C13H9.C3H6.2ClH.Zr/c1-2-4-14(3-1)15-8-11-5-12(9-15)7-13(6-11)10-15;1-3-7-12-10(5-1)9-11-6-2-4-8-13(11)12;1-3-2;;;/h1,3,11-13H,2,5-10H2;1-9H;1-2H3;2*1H;/q;;;;;+2/p-2. The van der Waals surface area contributed by atoms with E-state index in [0.29, 0.717) is 9.04 Å². The van der Waals surface area contributed by atoms with Gasteiger partial charge in [0, 0.05) is 0 Å². The van der Waals surface area contributed by atoms with Gasteiger partial charge in [-0.05, 0) is 0 Å². The van der Waals surface area contributed by atoms with E-state index in [9.17, 15) is 0 Å². The molecule has 8 rings (SSSR count). The third kappa shape index (κ3) is 3.67. The van der Waals surface area contributed by atoms with Gasteiger partial charge >= 0.3 is 202 Å². The SMILES string of the molecule is C[C](C)=[Zr+2]([C]1=C(C23CC4CC(CC(C4)C2)C3)C=CC1)[CH]1c2ccccc2-c2ccccc21.[Cl-].[Cl-]. The summed E-state index contributed by atoms with van der Waals surface area (Å²) in [5.74, 6) is 3.07. The van der Waals surface area contributed by atoms with Gasteiger partial charge in [-0.3, -0.25) is 0 Å². The molecule has 4 saturated carbocycles. The Kier molecular flexibility index (Phi) is 6.81. The van der Waals surface area contributed by atoms with E-state index in [2.05, 4.69) is 74.5 Å². The number of fused-ring (bicyclic) bond motifs is 3. The predicted molar refractivity (Wildman–Crippen MR) is 131 cm³/mol. The molecule has 0 heterocycles. The first-order valence-electron chi connectivity index (χ1n) is 12.9. The number of hydrogen-bond donors (Lipinski definition) is 0. The molecule has 0 aromatic heterocycles. The molecule has 0 radical (unpaired) electrons. The van der Waals surface area contributed by atoms with Crippen molar-refractivity contribution in [2.45, 2.75) is 62.4 Å². The smallest absolute Gasteiger partial charge is 1.00 e. The van der Waals surface area contributed by atoms with Gasteiger partial charge < -0.3 is 24.8 Å². The van der Waals surface area contributed by atoms with Crippen LogP contribution in [-0.2, 0) is 21.3 Å². The Labute approximate surface area is 225 Å². The third-order valence-electron chi connectivity index (χ3n) is 9.53. The maximum atomic E-state index is 2.64. The zero-order valence-electron chi connectivity index (χ0n) is 20.3. The normalized spacial score (nSPS) is 29.7. The summed E-state index contributed by atoms with van der Waals surface area (Å²) >= 11 is -2.11. The molecule has 0 saturated heterocycles. The van der Waals surface area contributed by atoms with Gasteiger partial charge in [-0.2, -0.15) is 0 Å². The molecule has 0 spiro atoms. The predicted octanol–water partition coefficient (Wildman–Crippen LogP) is 2.03. The van der Waals surface area contributed by atoms with Crippen LogP contribution in [0, 0.1) is 23.2 Å². The van der Waals surface area contributed by atoms with Crippen molar-refractivity contribution in [2.24, 2.45) is 23.2 Å². The van der Waals surface area contributed by atoms with Crippen LogP contribution < -0.4 is 24.8 Å². The molecule has 176 valence electrons. The minimum Gasteiger partial charge on any atom is -1.00 e. The van der Waals surface area contributed by atoms with Crippen LogP contribution >= 0.6 is 0 Å². The van der Waals surface area contributed by atoms with Crippen LogP contribution in [0.1, 0.15) is 73.5 Å². The van der Waals surface area contributed by atoms with Crippen molar-refractivity contribution < 1.29 is 46.1 Å². The molecule has 0 atom stereocenters. The minimum absolute atomic E-state index is 0. The number of halogens is 2. The first-order valence-corrected chi connectivity index (χ1v) is 16.8. The molecule has 3 heteroatoms. The molecule has 0 amide bonds. The van der Waals surface area contributed by atoms with Gasteiger partial charge in [-0.15, -0.1) is 0 Å². The fourth-order valence-corrected chi connectivity index (χ4v) is 17.9. The molecule has 34 heavy (non-hydrogen) atoms. The summed E-state index contributed by atoms with van der Waals surface area (Å²) in [7, 11) is 0. The van der Waals surface area contributed by atoms with Crippen molar-refractivity contribution >= 4 is 3.21 Å². The summed E-state index contributed by atoms with van der Waals surface area (Å²) in [6.45, 7) is 4.97. The van der Waals surface area contributed by atoms with Gasteiger partial charge in [0.05, 0.1) is 0 Å². The van der Waals surface area contributed by atoms with Crippen LogP contribution in [-0.4, -0.2) is 3.21 Å². The molecular formula is C31H34Cl2Zr. The molecule has 0 nitrogen and oxygen atoms in total. The zero-order valence-corrected chi connectivity index (χ0v) is 24.3. The molecule has 4 fully saturated rings. The molecular weight excluding hydrogens is 534 g/mol. The summed E-state index contributed by atoms with van der Waals surface area (Å²) < 4.78 is 4.41. The van der Waals surface area contributed by atoms with Crippen molar-refractivity contribution in [1.82, 2.24) is 0 Å². The van der Waals surface area contributed by atoms with Gasteiger partial charge in [-0.25, -0.2) is 0 Å². The third-order valence-corrected chi connectivity index (χ3v) is 17.9. The molecule has 6 aliphatic carbocycles. The Morgan fingerprint density at radius 2 is 1.26 bits per heavy atom. The molecule has 2 aromatic rings. The van der Waals surface area contributed by atoms with E-state index in [0.717, 1.165) is 17.8 Å². The fraction of sp³-hybridized carbons (Fsp3) is 0.452. The maximum absolute atomic E-state index is 2.64. The monoisotopic (exact) mass is 566 g/mol. The summed E-state index contributed by atoms with van der Waals surface area (Å²) in [5, 5.41) is 0. The van der Waals surface area contributed by atoms with Gasteiger partial charge in [0.1, 0.15) is 0 Å². The van der Waals surface area contributed by atoms with Crippen molar-refractivity contribution in [3.63, 3.8) is 0 Å². The van der Waals surface area contributed by atoms with Gasteiger partial charge in [0.15, 0.2) is 0 Å². The van der Waals surface area contributed by atoms with E-state index in [1.54, 1.807) is 33.6 Å². The van der Waals surface area contributed by atoms with E-state index in [1.165, 1.54) is 36.8 Å². The Morgan fingerprint density at radius 3 is 1.76 bits per heavy atom. The van der Waals surface area contributed by atoms with Gasteiger partial charge in [0.25, 0.3) is 0 Å². The molecule has 0 unspecified atom stereocenters. The first-order chi connectivity index (χ1) is 15.6. The molecule has 6 aliphatic rings. The van der Waals surface area contributed by atoms with Crippen molar-refractivity contribution in [2.75, 3.05) is 0 Å². The second kappa shape index (κ2) is 9.28. The number of allylic oxidation sites excluding steroid dienone is 4. The molecule has 4 bridgehead atoms. The number of rotatable bonds is 3. The van der Waals surface area contributed by atoms with Crippen molar-refractivity contribution in [3.05, 3.63) is 80.7 Å². The van der Waals surface area contributed by atoms with E-state index in [4.69, 9.17) is 0 Å². The van der Waals surface area contributed by atoms with Crippen LogP contribution in [0.25, 0.3) is 11.1 Å². The van der Waals surface area contributed by atoms with Crippen LogP contribution in [0.5, 0.6) is 0 Å². The van der Waals surface area contributed by atoms with Gasteiger partial charge in [-0.1, -0.05) is 0 Å². The summed E-state index contributed by atoms with van der Waals surface area (Å²) in [6, 6.07) is 18.7. The topological polar surface area (TPSA) is 0 Å².